The lowest BCUT2D eigenvalue weighted by atomic mass is 9.92. The summed E-state index contributed by atoms with van der Waals surface area (Å²) in [6.07, 6.45) is 4.35. The van der Waals surface area contributed by atoms with Crippen molar-refractivity contribution in [2.45, 2.75) is 51.5 Å². The summed E-state index contributed by atoms with van der Waals surface area (Å²) in [6.45, 7) is 9.68. The van der Waals surface area contributed by atoms with E-state index in [-0.39, 0.29) is 5.41 Å². The van der Waals surface area contributed by atoms with Gasteiger partial charge in [-0.2, -0.15) is 9.61 Å². The third-order valence-corrected chi connectivity index (χ3v) is 5.69. The highest BCUT2D eigenvalue weighted by atomic mass is 15.3. The predicted octanol–water partition coefficient (Wildman–Crippen LogP) is 3.33. The zero-order valence-electron chi connectivity index (χ0n) is 16.8. The van der Waals surface area contributed by atoms with Gasteiger partial charge in [-0.1, -0.05) is 20.8 Å². The molecule has 0 bridgehead atoms. The lowest BCUT2D eigenvalue weighted by Crippen LogP contribution is -2.33. The quantitative estimate of drug-likeness (QED) is 0.772. The van der Waals surface area contributed by atoms with Crippen LogP contribution in [0.5, 0.6) is 0 Å². The summed E-state index contributed by atoms with van der Waals surface area (Å²) in [5.41, 5.74) is 10.7. The van der Waals surface area contributed by atoms with E-state index in [1.807, 2.05) is 6.07 Å². The van der Waals surface area contributed by atoms with Crippen LogP contribution in [0.3, 0.4) is 0 Å². The zero-order valence-corrected chi connectivity index (χ0v) is 16.8. The van der Waals surface area contributed by atoms with Crippen LogP contribution in [0.25, 0.3) is 5.65 Å². The first-order valence-corrected chi connectivity index (χ1v) is 9.80. The maximum atomic E-state index is 6.30. The monoisotopic (exact) mass is 366 g/mol. The number of nitrogens with zero attached hydrogens (tertiary/aromatic N) is 5. The number of hydrogen-bond donors (Lipinski definition) is 1. The average molecular weight is 367 g/mol. The first kappa shape index (κ1) is 18.0. The standard InChI is InChI=1S/C21H30N6/c1-21(2,3)18-13-20-23-17(12-19(22)27(20)24-18)15-7-10-26(11-8-15)14-16-6-5-9-25(16)4/h5-6,9,12-13,15H,7-8,10-11,14,22H2,1-4H3. The molecule has 3 aromatic rings. The molecule has 3 aromatic heterocycles. The highest BCUT2D eigenvalue weighted by Crippen LogP contribution is 2.30. The van der Waals surface area contributed by atoms with Crippen LogP contribution in [0.2, 0.25) is 0 Å². The Bertz CT molecular complexity index is 937. The van der Waals surface area contributed by atoms with E-state index in [2.05, 4.69) is 66.8 Å². The van der Waals surface area contributed by atoms with Gasteiger partial charge in [-0.05, 0) is 38.1 Å². The van der Waals surface area contributed by atoms with E-state index in [9.17, 15) is 0 Å². The van der Waals surface area contributed by atoms with Gasteiger partial charge in [0.05, 0.1) is 5.69 Å². The van der Waals surface area contributed by atoms with Gasteiger partial charge in [-0.15, -0.1) is 0 Å². The minimum absolute atomic E-state index is 0.0113. The summed E-state index contributed by atoms with van der Waals surface area (Å²) < 4.78 is 3.98. The molecule has 4 rings (SSSR count). The van der Waals surface area contributed by atoms with Gasteiger partial charge in [0.2, 0.25) is 0 Å². The Kier molecular flexibility index (Phi) is 4.46. The van der Waals surface area contributed by atoms with Gasteiger partial charge >= 0.3 is 0 Å². The molecule has 27 heavy (non-hydrogen) atoms. The third-order valence-electron chi connectivity index (χ3n) is 5.69. The normalized spacial score (nSPS) is 17.0. The molecular formula is C21H30N6. The Balaban J connectivity index is 1.49. The number of fused-ring (bicyclic) bond motifs is 1. The Morgan fingerprint density at radius 2 is 1.93 bits per heavy atom. The number of likely N-dealkylation sites (tertiary alicyclic amines) is 1. The second-order valence-electron chi connectivity index (χ2n) is 8.82. The van der Waals surface area contributed by atoms with Crippen molar-refractivity contribution in [2.24, 2.45) is 7.05 Å². The molecule has 1 aliphatic heterocycles. The molecule has 144 valence electrons. The van der Waals surface area contributed by atoms with Crippen LogP contribution in [0.1, 0.15) is 56.6 Å². The number of rotatable bonds is 3. The molecule has 0 saturated carbocycles. The highest BCUT2D eigenvalue weighted by molar-refractivity contribution is 5.49. The molecule has 0 spiro atoms. The van der Waals surface area contributed by atoms with Gasteiger partial charge in [0, 0.05) is 54.6 Å². The minimum Gasteiger partial charge on any atom is -0.384 e. The van der Waals surface area contributed by atoms with Crippen molar-refractivity contribution in [3.63, 3.8) is 0 Å². The fourth-order valence-corrected chi connectivity index (χ4v) is 3.87. The molecule has 2 N–H and O–H groups in total. The molecule has 0 aliphatic carbocycles. The number of hydrogen-bond acceptors (Lipinski definition) is 4. The first-order valence-electron chi connectivity index (χ1n) is 9.80. The Morgan fingerprint density at radius 3 is 2.56 bits per heavy atom. The number of anilines is 1. The summed E-state index contributed by atoms with van der Waals surface area (Å²) >= 11 is 0. The Hall–Kier alpha value is -2.34. The predicted molar refractivity (Wildman–Crippen MR) is 109 cm³/mol. The van der Waals surface area contributed by atoms with Crippen molar-refractivity contribution in [3.8, 4) is 0 Å². The van der Waals surface area contributed by atoms with Crippen molar-refractivity contribution < 1.29 is 0 Å². The second-order valence-corrected chi connectivity index (χ2v) is 8.82. The van der Waals surface area contributed by atoms with E-state index < -0.39 is 0 Å². The fourth-order valence-electron chi connectivity index (χ4n) is 3.87. The molecule has 4 heterocycles. The summed E-state index contributed by atoms with van der Waals surface area (Å²) in [4.78, 5) is 7.44. The van der Waals surface area contributed by atoms with Crippen molar-refractivity contribution >= 4 is 11.5 Å². The van der Waals surface area contributed by atoms with Crippen molar-refractivity contribution in [2.75, 3.05) is 18.8 Å². The van der Waals surface area contributed by atoms with Crippen LogP contribution in [-0.4, -0.2) is 37.2 Å². The van der Waals surface area contributed by atoms with E-state index in [4.69, 9.17) is 10.7 Å². The van der Waals surface area contributed by atoms with Crippen LogP contribution in [0.4, 0.5) is 5.82 Å². The number of nitrogens with two attached hydrogens (primary N) is 1. The zero-order chi connectivity index (χ0) is 19.2. The van der Waals surface area contributed by atoms with E-state index in [1.54, 1.807) is 4.52 Å². The minimum atomic E-state index is -0.0113. The first-order chi connectivity index (χ1) is 12.8. The van der Waals surface area contributed by atoms with E-state index >= 15 is 0 Å². The SMILES string of the molecule is Cn1cccc1CN1CCC(c2cc(N)n3nc(C(C)(C)C)cc3n2)CC1. The molecule has 0 radical (unpaired) electrons. The molecule has 0 amide bonds. The molecule has 1 saturated heterocycles. The fraction of sp³-hybridized carbons (Fsp3) is 0.524. The number of aryl methyl sites for hydroxylation is 1. The third kappa shape index (κ3) is 3.58. The van der Waals surface area contributed by atoms with Crippen molar-refractivity contribution in [3.05, 3.63) is 47.5 Å². The van der Waals surface area contributed by atoms with E-state index in [1.165, 1.54) is 5.69 Å². The van der Waals surface area contributed by atoms with E-state index in [0.29, 0.717) is 11.7 Å². The maximum absolute atomic E-state index is 6.30. The number of piperidine rings is 1. The van der Waals surface area contributed by atoms with Crippen LogP contribution >= 0.6 is 0 Å². The summed E-state index contributed by atoms with van der Waals surface area (Å²) in [5.74, 6) is 1.15. The molecule has 6 nitrogen and oxygen atoms in total. The Labute approximate surface area is 161 Å². The lowest BCUT2D eigenvalue weighted by molar-refractivity contribution is 0.199. The van der Waals surface area contributed by atoms with E-state index in [0.717, 1.165) is 49.5 Å². The maximum Gasteiger partial charge on any atom is 0.157 e. The molecule has 1 aliphatic rings. The summed E-state index contributed by atoms with van der Waals surface area (Å²) in [5, 5.41) is 4.65. The van der Waals surface area contributed by atoms with Gasteiger partial charge in [0.1, 0.15) is 5.82 Å². The Morgan fingerprint density at radius 1 is 1.19 bits per heavy atom. The van der Waals surface area contributed by atoms with Gasteiger partial charge in [0.15, 0.2) is 5.65 Å². The molecule has 0 atom stereocenters. The van der Waals surface area contributed by atoms with Gasteiger partial charge < -0.3 is 10.3 Å². The van der Waals surface area contributed by atoms with Crippen LogP contribution in [0.15, 0.2) is 30.5 Å². The lowest BCUT2D eigenvalue weighted by Gasteiger charge is -2.31. The van der Waals surface area contributed by atoms with Gasteiger partial charge in [0.25, 0.3) is 0 Å². The second kappa shape index (κ2) is 6.68. The van der Waals surface area contributed by atoms with Crippen molar-refractivity contribution in [1.29, 1.82) is 0 Å². The van der Waals surface area contributed by atoms with Gasteiger partial charge in [-0.25, -0.2) is 4.98 Å². The number of aromatic nitrogens is 4. The molecule has 0 unspecified atom stereocenters. The van der Waals surface area contributed by atoms with Crippen LogP contribution in [0, 0.1) is 0 Å². The molecule has 1 fully saturated rings. The smallest absolute Gasteiger partial charge is 0.157 e. The summed E-state index contributed by atoms with van der Waals surface area (Å²) in [6, 6.07) is 8.41. The molecular weight excluding hydrogens is 336 g/mol. The largest absolute Gasteiger partial charge is 0.384 e. The molecule has 0 aromatic carbocycles. The number of nitrogen functional groups attached to an aromatic ring is 1. The average Bonchev–Trinajstić information content (AvgIpc) is 3.22. The topological polar surface area (TPSA) is 64.4 Å². The van der Waals surface area contributed by atoms with Gasteiger partial charge in [-0.3, -0.25) is 4.90 Å². The van der Waals surface area contributed by atoms with Crippen molar-refractivity contribution in [1.82, 2.24) is 24.1 Å². The van der Waals surface area contributed by atoms with Crippen LogP contribution in [-0.2, 0) is 19.0 Å². The summed E-state index contributed by atoms with van der Waals surface area (Å²) in [7, 11) is 2.11. The highest BCUT2D eigenvalue weighted by Gasteiger charge is 2.24. The molecule has 6 heteroatoms. The van der Waals surface area contributed by atoms with Crippen LogP contribution < -0.4 is 5.73 Å².